The molecule has 6 atom stereocenters. The van der Waals surface area contributed by atoms with E-state index in [-0.39, 0.29) is 36.3 Å². The van der Waals surface area contributed by atoms with Crippen LogP contribution in [0.5, 0.6) is 0 Å². The molecule has 6 nitrogen and oxygen atoms in total. The molecule has 2 saturated carbocycles. The van der Waals surface area contributed by atoms with Crippen LogP contribution in [-0.4, -0.2) is 48.6 Å². The molecule has 6 heteroatoms. The van der Waals surface area contributed by atoms with Gasteiger partial charge in [-0.2, -0.15) is 0 Å². The molecule has 0 aromatic carbocycles. The average molecular weight is 338 g/mol. The standard InChI is InChI=1S/C18H26O6/c1-17-5-3-11(7-13(17)23-17)9-21-15(19)16(20)22-10-12-4-6-18(2)14(8-12)24-18/h11-14H,3-10H2,1-2H3/t11?,12?,13-,14?,17?,18?/m0/s1. The van der Waals surface area contributed by atoms with E-state index in [0.717, 1.165) is 38.5 Å². The van der Waals surface area contributed by atoms with E-state index in [4.69, 9.17) is 18.9 Å². The predicted molar refractivity (Wildman–Crippen MR) is 83.2 cm³/mol. The third-order valence-corrected chi connectivity index (χ3v) is 6.33. The van der Waals surface area contributed by atoms with Gasteiger partial charge in [-0.25, -0.2) is 9.59 Å². The Balaban J connectivity index is 1.13. The second kappa shape index (κ2) is 5.70. The number of carbonyl (C=O) groups is 2. The Kier molecular flexibility index (Phi) is 3.88. The topological polar surface area (TPSA) is 77.7 Å². The summed E-state index contributed by atoms with van der Waals surface area (Å²) in [5, 5.41) is 0. The van der Waals surface area contributed by atoms with Crippen molar-refractivity contribution in [1.82, 2.24) is 0 Å². The van der Waals surface area contributed by atoms with Crippen LogP contribution in [0.15, 0.2) is 0 Å². The minimum Gasteiger partial charge on any atom is -0.457 e. The van der Waals surface area contributed by atoms with E-state index >= 15 is 0 Å². The molecule has 4 fully saturated rings. The van der Waals surface area contributed by atoms with E-state index < -0.39 is 11.9 Å². The van der Waals surface area contributed by atoms with Crippen LogP contribution in [0.25, 0.3) is 0 Å². The number of rotatable bonds is 4. The van der Waals surface area contributed by atoms with E-state index in [2.05, 4.69) is 13.8 Å². The molecule has 2 saturated heterocycles. The maximum Gasteiger partial charge on any atom is 0.417 e. The maximum absolute atomic E-state index is 11.8. The summed E-state index contributed by atoms with van der Waals surface area (Å²) < 4.78 is 21.5. The zero-order valence-electron chi connectivity index (χ0n) is 14.4. The van der Waals surface area contributed by atoms with Crippen molar-refractivity contribution in [3.05, 3.63) is 0 Å². The highest BCUT2D eigenvalue weighted by atomic mass is 16.6. The van der Waals surface area contributed by atoms with Crippen molar-refractivity contribution in [2.24, 2.45) is 11.8 Å². The molecule has 2 aliphatic carbocycles. The lowest BCUT2D eigenvalue weighted by molar-refractivity contribution is -0.169. The van der Waals surface area contributed by atoms with E-state index in [1.165, 1.54) is 0 Å². The molecule has 0 amide bonds. The third kappa shape index (κ3) is 3.18. The molecule has 5 unspecified atom stereocenters. The number of carbonyl (C=O) groups excluding carboxylic acids is 2. The van der Waals surface area contributed by atoms with Gasteiger partial charge in [-0.3, -0.25) is 0 Å². The normalized spacial score (nSPS) is 45.6. The molecule has 0 spiro atoms. The van der Waals surface area contributed by atoms with Gasteiger partial charge in [0.2, 0.25) is 0 Å². The van der Waals surface area contributed by atoms with Crippen molar-refractivity contribution in [2.45, 2.75) is 75.8 Å². The second-order valence-electron chi connectivity index (χ2n) is 8.32. The van der Waals surface area contributed by atoms with Gasteiger partial charge in [-0.1, -0.05) is 0 Å². The Morgan fingerprint density at radius 3 is 1.67 bits per heavy atom. The summed E-state index contributed by atoms with van der Waals surface area (Å²) in [6.45, 7) is 4.80. The Morgan fingerprint density at radius 1 is 0.875 bits per heavy atom. The van der Waals surface area contributed by atoms with Crippen LogP contribution in [-0.2, 0) is 28.5 Å². The highest BCUT2D eigenvalue weighted by molar-refractivity contribution is 6.29. The van der Waals surface area contributed by atoms with E-state index in [9.17, 15) is 9.59 Å². The van der Waals surface area contributed by atoms with Crippen LogP contribution in [0.4, 0.5) is 0 Å². The molecule has 0 radical (unpaired) electrons. The van der Waals surface area contributed by atoms with Crippen LogP contribution >= 0.6 is 0 Å². The lowest BCUT2D eigenvalue weighted by Crippen LogP contribution is -2.30. The smallest absolute Gasteiger partial charge is 0.417 e. The molecule has 0 aromatic heterocycles. The van der Waals surface area contributed by atoms with E-state index in [1.807, 2.05) is 0 Å². The van der Waals surface area contributed by atoms with Gasteiger partial charge >= 0.3 is 11.9 Å². The van der Waals surface area contributed by atoms with Crippen LogP contribution in [0, 0.1) is 11.8 Å². The number of hydrogen-bond donors (Lipinski definition) is 0. The van der Waals surface area contributed by atoms with Gasteiger partial charge in [0, 0.05) is 0 Å². The summed E-state index contributed by atoms with van der Waals surface area (Å²) in [5.74, 6) is -1.18. The monoisotopic (exact) mass is 338 g/mol. The van der Waals surface area contributed by atoms with Crippen LogP contribution < -0.4 is 0 Å². The lowest BCUT2D eigenvalue weighted by atomic mass is 9.83. The summed E-state index contributed by atoms with van der Waals surface area (Å²) >= 11 is 0. The Labute approximate surface area is 142 Å². The fourth-order valence-electron chi connectivity index (χ4n) is 4.25. The van der Waals surface area contributed by atoms with Crippen LogP contribution in [0.2, 0.25) is 0 Å². The molecule has 0 bridgehead atoms. The van der Waals surface area contributed by atoms with Gasteiger partial charge in [0.15, 0.2) is 0 Å². The zero-order valence-corrected chi connectivity index (χ0v) is 14.4. The van der Waals surface area contributed by atoms with Crippen molar-refractivity contribution in [3.63, 3.8) is 0 Å². The van der Waals surface area contributed by atoms with Crippen LogP contribution in [0.1, 0.15) is 52.4 Å². The number of hydrogen-bond acceptors (Lipinski definition) is 6. The quantitative estimate of drug-likeness (QED) is 0.443. The van der Waals surface area contributed by atoms with Crippen molar-refractivity contribution in [3.8, 4) is 0 Å². The summed E-state index contributed by atoms with van der Waals surface area (Å²) in [5.41, 5.74) is 0.113. The number of epoxide rings is 2. The highest BCUT2D eigenvalue weighted by Crippen LogP contribution is 2.50. The second-order valence-corrected chi connectivity index (χ2v) is 8.32. The Hall–Kier alpha value is -1.14. The maximum atomic E-state index is 11.8. The molecular formula is C18H26O6. The van der Waals surface area contributed by atoms with Gasteiger partial charge in [0.25, 0.3) is 0 Å². The van der Waals surface area contributed by atoms with Gasteiger partial charge < -0.3 is 18.9 Å². The molecule has 0 N–H and O–H groups in total. The average Bonchev–Trinajstić information content (AvgIpc) is 3.42. The van der Waals surface area contributed by atoms with Gasteiger partial charge in [-0.05, 0) is 64.2 Å². The molecule has 24 heavy (non-hydrogen) atoms. The van der Waals surface area contributed by atoms with E-state index in [0.29, 0.717) is 12.2 Å². The molecule has 2 aliphatic heterocycles. The first-order chi connectivity index (χ1) is 11.4. The number of ether oxygens (including phenoxy) is 4. The van der Waals surface area contributed by atoms with E-state index in [1.54, 1.807) is 0 Å². The van der Waals surface area contributed by atoms with Crippen molar-refractivity contribution in [1.29, 1.82) is 0 Å². The number of fused-ring (bicyclic) bond motifs is 2. The highest BCUT2D eigenvalue weighted by Gasteiger charge is 2.56. The molecule has 4 aliphatic rings. The third-order valence-electron chi connectivity index (χ3n) is 6.33. The lowest BCUT2D eigenvalue weighted by Gasteiger charge is -2.22. The van der Waals surface area contributed by atoms with Gasteiger partial charge in [0.05, 0.1) is 36.6 Å². The molecule has 4 rings (SSSR count). The van der Waals surface area contributed by atoms with Crippen LogP contribution in [0.3, 0.4) is 0 Å². The largest absolute Gasteiger partial charge is 0.457 e. The summed E-state index contributed by atoms with van der Waals surface area (Å²) in [6.07, 6.45) is 6.33. The first-order valence-corrected chi connectivity index (χ1v) is 9.07. The van der Waals surface area contributed by atoms with Crippen molar-refractivity contribution in [2.75, 3.05) is 13.2 Å². The van der Waals surface area contributed by atoms with Crippen molar-refractivity contribution < 1.29 is 28.5 Å². The predicted octanol–water partition coefficient (Wildman–Crippen LogP) is 1.99. The number of esters is 2. The summed E-state index contributed by atoms with van der Waals surface area (Å²) in [4.78, 5) is 23.6. The fourth-order valence-corrected chi connectivity index (χ4v) is 4.25. The van der Waals surface area contributed by atoms with Crippen molar-refractivity contribution >= 4 is 11.9 Å². The molecule has 2 heterocycles. The zero-order chi connectivity index (χ0) is 16.9. The first kappa shape index (κ1) is 16.3. The summed E-state index contributed by atoms with van der Waals surface area (Å²) in [6, 6.07) is 0. The molecular weight excluding hydrogens is 312 g/mol. The Morgan fingerprint density at radius 2 is 1.29 bits per heavy atom. The minimum atomic E-state index is -0.872. The SMILES string of the molecule is CC12CCC(COC(=O)C(=O)OCC3CCC4(C)O[C@H]4C3)CC1O2. The molecule has 134 valence electrons. The fraction of sp³-hybridized carbons (Fsp3) is 0.889. The minimum absolute atomic E-state index is 0.0563. The van der Waals surface area contributed by atoms with Gasteiger partial charge in [0.1, 0.15) is 0 Å². The first-order valence-electron chi connectivity index (χ1n) is 9.07. The molecule has 0 aromatic rings. The van der Waals surface area contributed by atoms with Gasteiger partial charge in [-0.15, -0.1) is 0 Å². The Bertz CT molecular complexity index is 500. The summed E-state index contributed by atoms with van der Waals surface area (Å²) in [7, 11) is 0.